The van der Waals surface area contributed by atoms with Gasteiger partial charge in [-0.05, 0) is 36.4 Å². The van der Waals surface area contributed by atoms with Gasteiger partial charge in [-0.2, -0.15) is 0 Å². The first-order valence-electron chi connectivity index (χ1n) is 7.99. The van der Waals surface area contributed by atoms with E-state index in [0.29, 0.717) is 20.5 Å². The standard InChI is InChI=1S/C19H10ClN3OS3/c20-10-4-3-7-13-16(10)22-19(27-13)23-17(24)14-8-9-15(25-14)18-21-11-5-1-2-6-12(11)26-18/h1-9H,(H,22,23,24). The van der Waals surface area contributed by atoms with Crippen LogP contribution in [0, 0.1) is 0 Å². The molecular formula is C19H10ClN3OS3. The number of halogens is 1. The Kier molecular flexibility index (Phi) is 4.17. The molecule has 2 aromatic carbocycles. The number of carbonyl (C=O) groups is 1. The van der Waals surface area contributed by atoms with Gasteiger partial charge < -0.3 is 0 Å². The molecular weight excluding hydrogens is 418 g/mol. The van der Waals surface area contributed by atoms with Gasteiger partial charge in [-0.15, -0.1) is 22.7 Å². The number of para-hydroxylation sites is 2. The van der Waals surface area contributed by atoms with Gasteiger partial charge in [0.2, 0.25) is 0 Å². The van der Waals surface area contributed by atoms with Gasteiger partial charge in [-0.3, -0.25) is 10.1 Å². The van der Waals surface area contributed by atoms with Crippen LogP contribution in [-0.4, -0.2) is 15.9 Å². The number of thiazole rings is 2. The lowest BCUT2D eigenvalue weighted by atomic mass is 10.3. The van der Waals surface area contributed by atoms with Crippen molar-refractivity contribution in [2.24, 2.45) is 0 Å². The molecule has 5 rings (SSSR count). The van der Waals surface area contributed by atoms with Gasteiger partial charge >= 0.3 is 0 Å². The summed E-state index contributed by atoms with van der Waals surface area (Å²) < 4.78 is 2.08. The fraction of sp³-hybridized carbons (Fsp3) is 0. The Morgan fingerprint density at radius 3 is 2.59 bits per heavy atom. The minimum atomic E-state index is -0.178. The molecule has 5 aromatic rings. The number of rotatable bonds is 3. The van der Waals surface area contributed by atoms with Crippen LogP contribution in [0.2, 0.25) is 5.02 Å². The number of hydrogen-bond donors (Lipinski definition) is 1. The van der Waals surface area contributed by atoms with Gasteiger partial charge in [0, 0.05) is 0 Å². The molecule has 0 saturated heterocycles. The van der Waals surface area contributed by atoms with Gasteiger partial charge in [0.15, 0.2) is 5.13 Å². The fourth-order valence-corrected chi connectivity index (χ4v) is 5.76. The number of amides is 1. The smallest absolute Gasteiger partial charge is 0.267 e. The molecule has 0 aliphatic rings. The number of aromatic nitrogens is 2. The minimum absolute atomic E-state index is 0.178. The van der Waals surface area contributed by atoms with E-state index in [9.17, 15) is 4.79 Å². The number of fused-ring (bicyclic) bond motifs is 2. The van der Waals surface area contributed by atoms with Crippen LogP contribution >= 0.6 is 45.6 Å². The first-order valence-corrected chi connectivity index (χ1v) is 10.8. The Hall–Kier alpha value is -2.32. The van der Waals surface area contributed by atoms with Gasteiger partial charge in [0.25, 0.3) is 5.91 Å². The quantitative estimate of drug-likeness (QED) is 0.355. The third kappa shape index (κ3) is 3.12. The SMILES string of the molecule is O=C(Nc1nc2c(Cl)cccc2s1)c1ccc(-c2nc3ccccc3s2)s1. The molecule has 0 bridgehead atoms. The molecule has 8 heteroatoms. The zero-order valence-electron chi connectivity index (χ0n) is 13.6. The maximum atomic E-state index is 12.6. The third-order valence-corrected chi connectivity index (χ3v) is 7.46. The van der Waals surface area contributed by atoms with Gasteiger partial charge in [-0.25, -0.2) is 9.97 Å². The monoisotopic (exact) mass is 427 g/mol. The average molecular weight is 428 g/mol. The lowest BCUT2D eigenvalue weighted by Gasteiger charge is -1.97. The molecule has 132 valence electrons. The van der Waals surface area contributed by atoms with Crippen molar-refractivity contribution in [3.8, 4) is 9.88 Å². The highest BCUT2D eigenvalue weighted by molar-refractivity contribution is 7.26. The van der Waals surface area contributed by atoms with Crippen LogP contribution in [0.25, 0.3) is 30.3 Å². The van der Waals surface area contributed by atoms with Gasteiger partial charge in [-0.1, -0.05) is 41.1 Å². The molecule has 0 aliphatic carbocycles. The predicted octanol–water partition coefficient (Wildman–Crippen LogP) is 6.54. The molecule has 0 spiro atoms. The van der Waals surface area contributed by atoms with Crippen molar-refractivity contribution in [2.45, 2.75) is 0 Å². The number of benzene rings is 2. The fourth-order valence-electron chi connectivity index (χ4n) is 2.68. The lowest BCUT2D eigenvalue weighted by molar-refractivity contribution is 0.103. The van der Waals surface area contributed by atoms with E-state index in [1.54, 1.807) is 17.4 Å². The molecule has 1 amide bonds. The zero-order valence-corrected chi connectivity index (χ0v) is 16.8. The highest BCUT2D eigenvalue weighted by atomic mass is 35.5. The average Bonchev–Trinajstić information content (AvgIpc) is 3.39. The molecule has 3 aromatic heterocycles. The molecule has 3 heterocycles. The Labute approximate surface area is 171 Å². The number of nitrogens with one attached hydrogen (secondary N) is 1. The number of carbonyl (C=O) groups excluding carboxylic acids is 1. The van der Waals surface area contributed by atoms with Crippen molar-refractivity contribution in [2.75, 3.05) is 5.32 Å². The van der Waals surface area contributed by atoms with Crippen LogP contribution in [0.4, 0.5) is 5.13 Å². The topological polar surface area (TPSA) is 54.9 Å². The number of thiophene rings is 1. The normalized spacial score (nSPS) is 11.3. The summed E-state index contributed by atoms with van der Waals surface area (Å²) in [5.41, 5.74) is 1.68. The summed E-state index contributed by atoms with van der Waals surface area (Å²) in [6.45, 7) is 0. The third-order valence-electron chi connectivity index (χ3n) is 3.92. The van der Waals surface area contributed by atoms with E-state index in [1.165, 1.54) is 22.7 Å². The molecule has 0 unspecified atom stereocenters. The second-order valence-electron chi connectivity index (χ2n) is 5.71. The van der Waals surface area contributed by atoms with E-state index in [2.05, 4.69) is 21.4 Å². The van der Waals surface area contributed by atoms with E-state index < -0.39 is 0 Å². The second kappa shape index (κ2) is 6.69. The highest BCUT2D eigenvalue weighted by Gasteiger charge is 2.15. The van der Waals surface area contributed by atoms with Crippen molar-refractivity contribution in [1.82, 2.24) is 9.97 Å². The van der Waals surface area contributed by atoms with Crippen LogP contribution < -0.4 is 5.32 Å². The van der Waals surface area contributed by atoms with E-state index in [0.717, 1.165) is 24.8 Å². The maximum absolute atomic E-state index is 12.6. The molecule has 0 radical (unpaired) electrons. The first kappa shape index (κ1) is 16.8. The van der Waals surface area contributed by atoms with Crippen molar-refractivity contribution in [3.05, 3.63) is 64.5 Å². The summed E-state index contributed by atoms with van der Waals surface area (Å²) >= 11 is 10.6. The zero-order chi connectivity index (χ0) is 18.4. The van der Waals surface area contributed by atoms with Crippen molar-refractivity contribution < 1.29 is 4.79 Å². The Morgan fingerprint density at radius 1 is 0.889 bits per heavy atom. The lowest BCUT2D eigenvalue weighted by Crippen LogP contribution is -2.09. The highest BCUT2D eigenvalue weighted by Crippen LogP contribution is 2.35. The Balaban J connectivity index is 1.41. The second-order valence-corrected chi connectivity index (χ2v) is 9.26. The van der Waals surface area contributed by atoms with E-state index in [4.69, 9.17) is 11.6 Å². The predicted molar refractivity (Wildman–Crippen MR) is 116 cm³/mol. The Bertz CT molecular complexity index is 1270. The molecule has 0 atom stereocenters. The molecule has 0 fully saturated rings. The van der Waals surface area contributed by atoms with E-state index >= 15 is 0 Å². The number of anilines is 1. The van der Waals surface area contributed by atoms with Crippen LogP contribution in [0.3, 0.4) is 0 Å². The largest absolute Gasteiger partial charge is 0.297 e. The number of nitrogens with zero attached hydrogens (tertiary/aromatic N) is 2. The number of hydrogen-bond acceptors (Lipinski definition) is 6. The molecule has 0 saturated carbocycles. The van der Waals surface area contributed by atoms with Crippen LogP contribution in [-0.2, 0) is 0 Å². The van der Waals surface area contributed by atoms with Crippen LogP contribution in [0.15, 0.2) is 54.6 Å². The van der Waals surface area contributed by atoms with Crippen molar-refractivity contribution in [3.63, 3.8) is 0 Å². The molecule has 1 N–H and O–H groups in total. The van der Waals surface area contributed by atoms with E-state index in [-0.39, 0.29) is 5.91 Å². The van der Waals surface area contributed by atoms with E-state index in [1.807, 2.05) is 42.5 Å². The van der Waals surface area contributed by atoms with Crippen LogP contribution in [0.5, 0.6) is 0 Å². The summed E-state index contributed by atoms with van der Waals surface area (Å²) in [7, 11) is 0. The Morgan fingerprint density at radius 2 is 1.74 bits per heavy atom. The van der Waals surface area contributed by atoms with Crippen molar-refractivity contribution in [1.29, 1.82) is 0 Å². The summed E-state index contributed by atoms with van der Waals surface area (Å²) in [4.78, 5) is 23.3. The van der Waals surface area contributed by atoms with Crippen molar-refractivity contribution >= 4 is 77.1 Å². The summed E-state index contributed by atoms with van der Waals surface area (Å²) in [6.07, 6.45) is 0. The summed E-state index contributed by atoms with van der Waals surface area (Å²) in [5.74, 6) is -0.178. The molecule has 27 heavy (non-hydrogen) atoms. The summed E-state index contributed by atoms with van der Waals surface area (Å²) in [5, 5.41) is 4.91. The molecule has 4 nitrogen and oxygen atoms in total. The maximum Gasteiger partial charge on any atom is 0.267 e. The summed E-state index contributed by atoms with van der Waals surface area (Å²) in [6, 6.07) is 17.4. The first-order chi connectivity index (χ1) is 13.2. The van der Waals surface area contributed by atoms with Crippen LogP contribution in [0.1, 0.15) is 9.67 Å². The minimum Gasteiger partial charge on any atom is -0.297 e. The van der Waals surface area contributed by atoms with Gasteiger partial charge in [0.1, 0.15) is 10.5 Å². The van der Waals surface area contributed by atoms with Gasteiger partial charge in [0.05, 0.1) is 29.7 Å². The molecule has 0 aliphatic heterocycles.